The SMILES string of the molecule is NC(=O)c1ncc[nH]1.O=C(O)c1c(F)c2ccccc2[nH]c1=O. The van der Waals surface area contributed by atoms with Gasteiger partial charge < -0.3 is 20.8 Å². The maximum atomic E-state index is 13.6. The third-order valence-corrected chi connectivity index (χ3v) is 2.80. The van der Waals surface area contributed by atoms with Crippen molar-refractivity contribution in [3.8, 4) is 0 Å². The van der Waals surface area contributed by atoms with Crippen LogP contribution in [-0.4, -0.2) is 31.9 Å². The van der Waals surface area contributed by atoms with E-state index < -0.39 is 28.8 Å². The van der Waals surface area contributed by atoms with E-state index in [2.05, 4.69) is 15.0 Å². The van der Waals surface area contributed by atoms with Crippen molar-refractivity contribution >= 4 is 22.8 Å². The highest BCUT2D eigenvalue weighted by Crippen LogP contribution is 2.15. The summed E-state index contributed by atoms with van der Waals surface area (Å²) in [5, 5.41) is 8.74. The maximum Gasteiger partial charge on any atom is 0.344 e. The fourth-order valence-electron chi connectivity index (χ4n) is 1.79. The Morgan fingerprint density at radius 3 is 2.48 bits per heavy atom. The number of carboxylic acids is 1. The average Bonchev–Trinajstić information content (AvgIpc) is 3.02. The molecule has 0 aliphatic carbocycles. The molecule has 0 spiro atoms. The van der Waals surface area contributed by atoms with Gasteiger partial charge in [0.05, 0.1) is 5.52 Å². The van der Waals surface area contributed by atoms with E-state index in [0.717, 1.165) is 0 Å². The summed E-state index contributed by atoms with van der Waals surface area (Å²) in [5.74, 6) is -2.90. The third-order valence-electron chi connectivity index (χ3n) is 2.80. The number of hydrogen-bond acceptors (Lipinski definition) is 4. The number of aromatic nitrogens is 3. The van der Waals surface area contributed by atoms with Gasteiger partial charge in [-0.3, -0.25) is 9.59 Å². The first-order chi connectivity index (χ1) is 10.9. The molecule has 23 heavy (non-hydrogen) atoms. The molecule has 3 rings (SSSR count). The van der Waals surface area contributed by atoms with E-state index in [1.807, 2.05) is 0 Å². The Kier molecular flexibility index (Phi) is 4.50. The highest BCUT2D eigenvalue weighted by atomic mass is 19.1. The normalized spacial score (nSPS) is 9.96. The molecule has 0 fully saturated rings. The minimum absolute atomic E-state index is 0.0921. The first-order valence-electron chi connectivity index (χ1n) is 6.24. The highest BCUT2D eigenvalue weighted by Gasteiger charge is 2.18. The van der Waals surface area contributed by atoms with Crippen molar-refractivity contribution in [2.45, 2.75) is 0 Å². The Hall–Kier alpha value is -3.49. The molecule has 0 atom stereocenters. The van der Waals surface area contributed by atoms with Crippen LogP contribution in [0.4, 0.5) is 4.39 Å². The predicted octanol–water partition coefficient (Wildman–Crippen LogP) is 0.874. The number of benzene rings is 1. The van der Waals surface area contributed by atoms with Gasteiger partial charge in [0.15, 0.2) is 17.2 Å². The van der Waals surface area contributed by atoms with E-state index in [9.17, 15) is 18.8 Å². The van der Waals surface area contributed by atoms with Crippen molar-refractivity contribution in [2.24, 2.45) is 5.73 Å². The number of aromatic amines is 2. The zero-order valence-electron chi connectivity index (χ0n) is 11.5. The number of carbonyl (C=O) groups is 2. The summed E-state index contributed by atoms with van der Waals surface area (Å²) in [4.78, 5) is 40.5. The molecule has 1 amide bonds. The minimum Gasteiger partial charge on any atom is -0.477 e. The van der Waals surface area contributed by atoms with Gasteiger partial charge in [-0.05, 0) is 12.1 Å². The Labute approximate surface area is 127 Å². The van der Waals surface area contributed by atoms with E-state index in [1.54, 1.807) is 18.3 Å². The van der Waals surface area contributed by atoms with Crippen molar-refractivity contribution in [1.82, 2.24) is 15.0 Å². The number of H-pyrrole nitrogens is 2. The van der Waals surface area contributed by atoms with Gasteiger partial charge in [0, 0.05) is 17.8 Å². The lowest BCUT2D eigenvalue weighted by Crippen LogP contribution is -2.20. The number of nitrogens with one attached hydrogen (secondary N) is 2. The molecule has 0 saturated heterocycles. The third kappa shape index (κ3) is 3.40. The number of amides is 1. The van der Waals surface area contributed by atoms with Crippen LogP contribution in [0, 0.1) is 5.82 Å². The smallest absolute Gasteiger partial charge is 0.344 e. The van der Waals surface area contributed by atoms with Gasteiger partial charge in [-0.15, -0.1) is 0 Å². The summed E-state index contributed by atoms with van der Waals surface area (Å²) in [6.45, 7) is 0. The molecule has 0 aliphatic heterocycles. The van der Waals surface area contributed by atoms with E-state index in [-0.39, 0.29) is 16.7 Å². The summed E-state index contributed by atoms with van der Waals surface area (Å²) >= 11 is 0. The summed E-state index contributed by atoms with van der Waals surface area (Å²) < 4.78 is 13.6. The quantitative estimate of drug-likeness (QED) is 0.554. The Balaban J connectivity index is 0.000000203. The van der Waals surface area contributed by atoms with Gasteiger partial charge in [0.1, 0.15) is 0 Å². The van der Waals surface area contributed by atoms with Gasteiger partial charge in [-0.25, -0.2) is 14.2 Å². The molecule has 2 aromatic heterocycles. The lowest BCUT2D eigenvalue weighted by molar-refractivity contribution is 0.0690. The zero-order chi connectivity index (χ0) is 17.0. The van der Waals surface area contributed by atoms with E-state index in [0.29, 0.717) is 0 Å². The second-order valence-electron chi connectivity index (χ2n) is 4.30. The molecule has 0 radical (unpaired) electrons. The molecule has 0 bridgehead atoms. The number of fused-ring (bicyclic) bond motifs is 1. The van der Waals surface area contributed by atoms with Gasteiger partial charge in [-0.2, -0.15) is 0 Å². The predicted molar refractivity (Wildman–Crippen MR) is 78.6 cm³/mol. The fourth-order valence-corrected chi connectivity index (χ4v) is 1.79. The van der Waals surface area contributed by atoms with Crippen LogP contribution in [0.1, 0.15) is 21.0 Å². The highest BCUT2D eigenvalue weighted by molar-refractivity contribution is 5.93. The van der Waals surface area contributed by atoms with Crippen LogP contribution in [0.3, 0.4) is 0 Å². The number of nitrogens with zero attached hydrogens (tertiary/aromatic N) is 1. The fraction of sp³-hybridized carbons (Fsp3) is 0. The number of primary amides is 1. The van der Waals surface area contributed by atoms with Crippen molar-refractivity contribution in [2.75, 3.05) is 0 Å². The molecule has 8 nitrogen and oxygen atoms in total. The van der Waals surface area contributed by atoms with Crippen molar-refractivity contribution in [1.29, 1.82) is 0 Å². The molecule has 9 heteroatoms. The van der Waals surface area contributed by atoms with Gasteiger partial charge >= 0.3 is 5.97 Å². The topological polar surface area (TPSA) is 142 Å². The number of para-hydroxylation sites is 1. The average molecular weight is 318 g/mol. The molecule has 0 saturated carbocycles. The first-order valence-corrected chi connectivity index (χ1v) is 6.24. The molecule has 0 unspecified atom stereocenters. The molecule has 118 valence electrons. The zero-order valence-corrected chi connectivity index (χ0v) is 11.5. The number of halogens is 1. The number of nitrogens with two attached hydrogens (primary N) is 1. The van der Waals surface area contributed by atoms with Crippen molar-refractivity contribution in [3.63, 3.8) is 0 Å². The molecule has 0 aliphatic rings. The van der Waals surface area contributed by atoms with E-state index >= 15 is 0 Å². The van der Waals surface area contributed by atoms with E-state index in [4.69, 9.17) is 10.8 Å². The van der Waals surface area contributed by atoms with E-state index in [1.165, 1.54) is 18.3 Å². The second kappa shape index (κ2) is 6.52. The molecular formula is C14H11FN4O4. The standard InChI is InChI=1S/C10H6FNO3.C4H5N3O/c11-8-5-3-1-2-4-6(5)12-9(13)7(8)10(14)15;5-3(8)4-6-1-2-7-4/h1-4H,(H,12,13)(H,14,15);1-2H,(H2,5,8)(H,6,7). The number of carbonyl (C=O) groups excluding carboxylic acids is 1. The largest absolute Gasteiger partial charge is 0.477 e. The molecule has 2 heterocycles. The van der Waals surface area contributed by atoms with Crippen LogP contribution in [0.2, 0.25) is 0 Å². The molecule has 3 aromatic rings. The molecule has 5 N–H and O–H groups in total. The van der Waals surface area contributed by atoms with Crippen LogP contribution in [0.15, 0.2) is 41.5 Å². The number of carboxylic acid groups (broad SMARTS) is 1. The lowest BCUT2D eigenvalue weighted by Gasteiger charge is -2.01. The maximum absolute atomic E-state index is 13.6. The van der Waals surface area contributed by atoms with Crippen LogP contribution in [0.5, 0.6) is 0 Å². The number of pyridine rings is 1. The van der Waals surface area contributed by atoms with Gasteiger partial charge in [0.25, 0.3) is 11.5 Å². The Bertz CT molecular complexity index is 918. The van der Waals surface area contributed by atoms with Crippen molar-refractivity contribution in [3.05, 3.63) is 64.2 Å². The van der Waals surface area contributed by atoms with Gasteiger partial charge in [-0.1, -0.05) is 12.1 Å². The van der Waals surface area contributed by atoms with Crippen LogP contribution in [0.25, 0.3) is 10.9 Å². The minimum atomic E-state index is -1.57. The first kappa shape index (κ1) is 15.9. The molecule has 1 aromatic carbocycles. The second-order valence-corrected chi connectivity index (χ2v) is 4.30. The summed E-state index contributed by atoms with van der Waals surface area (Å²) in [5.41, 5.74) is 3.32. The summed E-state index contributed by atoms with van der Waals surface area (Å²) in [6.07, 6.45) is 3.01. The Morgan fingerprint density at radius 2 is 1.96 bits per heavy atom. The van der Waals surface area contributed by atoms with Gasteiger partial charge in [0.2, 0.25) is 0 Å². The van der Waals surface area contributed by atoms with Crippen LogP contribution in [-0.2, 0) is 0 Å². The number of rotatable bonds is 2. The summed E-state index contributed by atoms with van der Waals surface area (Å²) in [7, 11) is 0. The van der Waals surface area contributed by atoms with Crippen molar-refractivity contribution < 1.29 is 19.1 Å². The van der Waals surface area contributed by atoms with Crippen LogP contribution >= 0.6 is 0 Å². The number of imidazole rings is 1. The lowest BCUT2D eigenvalue weighted by atomic mass is 10.1. The number of aromatic carboxylic acids is 1. The number of hydrogen-bond donors (Lipinski definition) is 4. The summed E-state index contributed by atoms with van der Waals surface area (Å²) in [6, 6.07) is 6.10. The monoisotopic (exact) mass is 318 g/mol. The molecular weight excluding hydrogens is 307 g/mol. The van der Waals surface area contributed by atoms with Crippen LogP contribution < -0.4 is 11.3 Å². The Morgan fingerprint density at radius 1 is 1.26 bits per heavy atom.